The number of anilines is 4. The van der Waals surface area contributed by atoms with Gasteiger partial charge in [-0.3, -0.25) is 30.0 Å². The average molecular weight is 2090 g/mol. The molecule has 4 aliphatic heterocycles. The summed E-state index contributed by atoms with van der Waals surface area (Å²) in [4.78, 5) is 76.7. The number of nitrogens with zero attached hydrogens (tertiary/aromatic N) is 13. The highest BCUT2D eigenvalue weighted by atomic mass is 35.5. The molecule has 0 amide bonds. The summed E-state index contributed by atoms with van der Waals surface area (Å²) in [5.74, 6) is 1.30. The van der Waals surface area contributed by atoms with E-state index in [4.69, 9.17) is 105 Å². The zero-order chi connectivity index (χ0) is 104. The average Bonchev–Trinajstić information content (AvgIpc) is 1.61. The maximum absolute atomic E-state index is 12.8. The van der Waals surface area contributed by atoms with Gasteiger partial charge in [0, 0.05) is 85.2 Å². The summed E-state index contributed by atoms with van der Waals surface area (Å²) in [5.41, 5.74) is 15.8. The summed E-state index contributed by atoms with van der Waals surface area (Å²) in [6.45, 7) is 60.4. The van der Waals surface area contributed by atoms with E-state index in [-0.39, 0.29) is 142 Å². The lowest BCUT2D eigenvalue weighted by Crippen LogP contribution is -2.46. The lowest BCUT2D eigenvalue weighted by Gasteiger charge is -2.39. The third-order valence-electron chi connectivity index (χ3n) is 28.7. The number of aromatic nitrogens is 12. The number of nitrogen functional groups attached to an aromatic ring is 2. The molecule has 12 heterocycles. The Morgan fingerprint density at radius 2 is 0.821 bits per heavy atom. The predicted molar refractivity (Wildman–Crippen MR) is 559 cm³/mol. The van der Waals surface area contributed by atoms with Gasteiger partial charge in [-0.15, -0.1) is 11.6 Å². The molecule has 4 aliphatic rings. The molecule has 14 atom stereocenters. The highest BCUT2D eigenvalue weighted by molar-refractivity contribution is 6.83. The van der Waals surface area contributed by atoms with Crippen LogP contribution in [0.5, 0.6) is 0 Å². The Balaban J connectivity index is 0.000000179. The summed E-state index contributed by atoms with van der Waals surface area (Å²) in [5, 5.41) is 76.3. The predicted octanol–water partition coefficient (Wildman–Crippen LogP) is 21.1. The molecule has 6 unspecified atom stereocenters. The Bertz CT molecular complexity index is 5950. The van der Waals surface area contributed by atoms with Crippen LogP contribution < -0.4 is 27.0 Å². The first kappa shape index (κ1) is 113. The van der Waals surface area contributed by atoms with Crippen molar-refractivity contribution < 1.29 is 72.7 Å². The van der Waals surface area contributed by atoms with Gasteiger partial charge >= 0.3 is 0 Å². The number of nitrogens with two attached hydrogens (primary N) is 2. The number of halogens is 4. The molecule has 8 aromatic heterocycles. The normalized spacial score (nSPS) is 21.9. The van der Waals surface area contributed by atoms with Crippen LogP contribution >= 0.6 is 46.4 Å². The molecule has 2 aromatic carbocycles. The second-order valence-electron chi connectivity index (χ2n) is 45.2. The van der Waals surface area contributed by atoms with Gasteiger partial charge in [0.1, 0.15) is 69.5 Å². The van der Waals surface area contributed by atoms with Gasteiger partial charge in [-0.1, -0.05) is 224 Å². The van der Waals surface area contributed by atoms with Crippen LogP contribution in [0.2, 0.25) is 88.0 Å². The molecule has 0 aliphatic carbocycles. The van der Waals surface area contributed by atoms with Crippen molar-refractivity contribution in [1.29, 1.82) is 0 Å². The van der Waals surface area contributed by atoms with Crippen molar-refractivity contribution in [2.24, 2.45) is 10.8 Å². The zero-order valence-corrected chi connectivity index (χ0v) is 93.0. The summed E-state index contributed by atoms with van der Waals surface area (Å²) < 4.78 is 58.2. The minimum absolute atomic E-state index is 0.00582. The van der Waals surface area contributed by atoms with Gasteiger partial charge in [0.15, 0.2) is 38.8 Å². The molecule has 4 fully saturated rings. The summed E-state index contributed by atoms with van der Waals surface area (Å²) in [6, 6.07) is 12.9. The number of benzene rings is 2. The monoisotopic (exact) mass is 2090 g/mol. The lowest BCUT2D eigenvalue weighted by atomic mass is 9.84. The van der Waals surface area contributed by atoms with Crippen molar-refractivity contribution in [2.45, 2.75) is 361 Å². The Labute approximate surface area is 843 Å². The molecule has 0 spiro atoms. The van der Waals surface area contributed by atoms with Gasteiger partial charge in [0.2, 0.25) is 23.8 Å². The molecule has 12 N–H and O–H groups in total. The Morgan fingerprint density at radius 3 is 1.17 bits per heavy atom. The van der Waals surface area contributed by atoms with E-state index in [2.05, 4.69) is 194 Å². The number of alkyl halides is 1. The molecule has 14 rings (SSSR count). The van der Waals surface area contributed by atoms with Gasteiger partial charge in [0.25, 0.3) is 16.9 Å². The molecule has 140 heavy (non-hydrogen) atoms. The summed E-state index contributed by atoms with van der Waals surface area (Å²) in [6.07, 6.45) is 4.87. The number of aliphatic hydroxyl groups excluding tert-OH is 5. The number of aliphatic hydroxyl groups is 5. The van der Waals surface area contributed by atoms with E-state index in [9.17, 15) is 50.6 Å². The number of nitro benzene ring substituents is 2. The fourth-order valence-corrected chi connectivity index (χ4v) is 22.7. The van der Waals surface area contributed by atoms with Crippen molar-refractivity contribution in [3.05, 3.63) is 153 Å². The first-order valence-electron chi connectivity index (χ1n) is 47.7. The highest BCUT2D eigenvalue weighted by Gasteiger charge is 2.49. The standard InChI is InChI=1S/C25H44Cl2N4O2Si2.C25H45ClN4O3Si2.C23H28ClN5O6.C23H29N5O7/c1-12-17-18(33-35(10,11)25(5,6)7)13-19(32-17)31-15-16(14-26)20-21(27)28-23(29-22(20)31)30-34(8,9)24(2,3)4;1-12-17-18(33-35(10,11)25(5,6)7)13-19(32-17)30-14-16(15-31)20-21(26)27-23(28-22(20)30)29-34(8,9)24(2,3)4;1-23(2,3)19(13-6-4-5-7-14(13)29(32)33)34-11-12-9-28(17-8-15(31)16(10-30)35-17)21-18(12)20(24)26-22(25)27-21;1-23(2,3)19(13-6-4-5-7-14(13)28(32)33)34-11-12-9-27(17-8-15(30)16(10-29)35-17)20-18(12)21(31)26-22(24)25-20/h15,17-19H,12-14H2,1-11H3,(H,28,29,30);14,17-19,31H,12-13,15H2,1-11H3,(H,27,28,29);4-7,9,15-17,19,30-31H,8,10-11H2,1-3H3,(H2,25,26,27);4-7,9,15-17,19,29-30H,8,10-11H2,1-3H3,(H3,24,25,26,31)/t2*17-,18?,19-;2*15?,16-,17-,19?/m1111/s1. The van der Waals surface area contributed by atoms with E-state index in [1.54, 1.807) is 57.9 Å². The summed E-state index contributed by atoms with van der Waals surface area (Å²) >= 11 is 26.2. The van der Waals surface area contributed by atoms with E-state index >= 15 is 0 Å². The number of ether oxygens (including phenoxy) is 6. The number of para-hydroxylation sites is 2. The molecule has 772 valence electrons. The topological polar surface area (TPSA) is 480 Å². The molecule has 4 saturated heterocycles. The maximum Gasteiger partial charge on any atom is 0.275 e. The smallest absolute Gasteiger partial charge is 0.275 e. The number of fused-ring (bicyclic) bond motifs is 4. The van der Waals surface area contributed by atoms with E-state index in [1.807, 2.05) is 58.5 Å². The van der Waals surface area contributed by atoms with Crippen molar-refractivity contribution in [1.82, 2.24) is 58.1 Å². The minimum Gasteiger partial charge on any atom is -0.411 e. The maximum atomic E-state index is 12.8. The molecule has 0 bridgehead atoms. The van der Waals surface area contributed by atoms with E-state index in [0.717, 1.165) is 42.3 Å². The SMILES string of the molecule is CC(C)(C)C(OCc1cn([C@H]2CC(O)[C@@H](CO)O2)c2nc(N)[nH]c(=O)c12)c1ccccc1[N+](=O)[O-].CC(C)(C)C(OCc1cn([C@H]2CC(O)[C@@H](CO)O2)c2nc(N)nc(Cl)c12)c1ccccc1[N+](=O)[O-].CC[C@H]1O[C@@H](n2cc(CCl)c3c(Cl)nc(N[Si](C)(C)C(C)(C)C)nc32)CC1O[Si](C)(C)C(C)(C)C.CC[C@H]1O[C@@H](n2cc(CO)c3c(Cl)nc(N[Si](C)(C)C(C)(C)C)nc32)CC1O[Si](C)(C)C(C)(C)C. The summed E-state index contributed by atoms with van der Waals surface area (Å²) in [7, 11) is -7.71. The fourth-order valence-electron chi connectivity index (χ4n) is 16.8. The number of hydrogen-bond donors (Lipinski definition) is 10. The zero-order valence-electron chi connectivity index (χ0n) is 86.0. The van der Waals surface area contributed by atoms with Crippen LogP contribution in [0.4, 0.5) is 35.2 Å². The third-order valence-corrected chi connectivity index (χ3v) is 48.0. The molecule has 44 heteroatoms. The van der Waals surface area contributed by atoms with Crippen molar-refractivity contribution in [3.8, 4) is 0 Å². The fraction of sp³-hybridized carbons (Fsp3) is 0.625. The van der Waals surface area contributed by atoms with E-state index in [0.29, 0.717) is 78.0 Å². The van der Waals surface area contributed by atoms with Crippen molar-refractivity contribution in [2.75, 3.05) is 34.6 Å². The number of H-pyrrole nitrogens is 1. The molecule has 10 aromatic rings. The van der Waals surface area contributed by atoms with Crippen molar-refractivity contribution >= 4 is 159 Å². The quantitative estimate of drug-likeness (QED) is 0.00716. The van der Waals surface area contributed by atoms with Gasteiger partial charge in [-0.2, -0.15) is 19.9 Å². The highest BCUT2D eigenvalue weighted by Crippen LogP contribution is 2.50. The number of nitrogens with one attached hydrogen (secondary N) is 3. The first-order chi connectivity index (χ1) is 64.8. The molecule has 0 saturated carbocycles. The van der Waals surface area contributed by atoms with Crippen LogP contribution in [0.25, 0.3) is 44.1 Å². The molecular formula is C96H146Cl4N18O18Si4. The van der Waals surface area contributed by atoms with E-state index in [1.165, 1.54) is 12.1 Å². The van der Waals surface area contributed by atoms with Gasteiger partial charge in [-0.05, 0) is 87.7 Å². The third kappa shape index (κ3) is 24.8. The minimum atomic E-state index is -1.96. The van der Waals surface area contributed by atoms with Crippen LogP contribution in [0, 0.1) is 31.1 Å². The Hall–Kier alpha value is -7.77. The first-order valence-corrected chi connectivity index (χ1v) is 61.2. The molecule has 0 radical (unpaired) electrons. The molecule has 36 nitrogen and oxygen atoms in total. The number of nitro groups is 2. The van der Waals surface area contributed by atoms with Gasteiger partial charge < -0.3 is 103 Å². The number of aromatic amines is 1. The number of rotatable bonds is 28. The Morgan fingerprint density at radius 1 is 0.486 bits per heavy atom. The largest absolute Gasteiger partial charge is 0.411 e. The lowest BCUT2D eigenvalue weighted by molar-refractivity contribution is -0.386. The Kier molecular flexibility index (Phi) is 35.0. The van der Waals surface area contributed by atoms with Gasteiger partial charge in [-0.25, -0.2) is 15.0 Å². The van der Waals surface area contributed by atoms with Crippen LogP contribution in [-0.2, 0) is 63.0 Å². The van der Waals surface area contributed by atoms with Crippen LogP contribution in [0.15, 0.2) is 78.1 Å². The second kappa shape index (κ2) is 43.5. The van der Waals surface area contributed by atoms with Crippen LogP contribution in [0.3, 0.4) is 0 Å². The van der Waals surface area contributed by atoms with Gasteiger partial charge in [0.05, 0.1) is 124 Å². The van der Waals surface area contributed by atoms with E-state index < -0.39 is 108 Å². The number of hydrogen-bond acceptors (Lipinski definition) is 29. The van der Waals surface area contributed by atoms with Crippen molar-refractivity contribution in [3.63, 3.8) is 0 Å². The second-order valence-corrected chi connectivity index (χ2v) is 66.0. The van der Waals surface area contributed by atoms with Crippen LogP contribution in [0.1, 0.15) is 247 Å². The van der Waals surface area contributed by atoms with Crippen LogP contribution in [-0.4, -0.2) is 189 Å². The molecular weight excluding hydrogens is 1950 g/mol.